The molecular formula is C102H120BBrCl7F3N7O7S6. The highest BCUT2D eigenvalue weighted by Crippen LogP contribution is 2.44. The molecule has 134 heavy (non-hydrogen) atoms. The third-order valence-corrected chi connectivity index (χ3v) is 30.3. The van der Waals surface area contributed by atoms with E-state index in [0.29, 0.717) is 36.7 Å². The number of aliphatic hydroxyl groups excluding tert-OH is 2. The molecule has 6 aromatic carbocycles. The normalized spacial score (nSPS) is 16.4. The van der Waals surface area contributed by atoms with E-state index >= 15 is 0 Å². The number of likely N-dealkylation sites (N-methyl/N-ethyl adjacent to an activating group) is 2. The fourth-order valence-corrected chi connectivity index (χ4v) is 22.6. The van der Waals surface area contributed by atoms with Crippen molar-refractivity contribution in [3.05, 3.63) is 336 Å². The lowest BCUT2D eigenvalue weighted by atomic mass is 9.89. The van der Waals surface area contributed by atoms with E-state index in [9.17, 15) is 28.9 Å². The van der Waals surface area contributed by atoms with Crippen molar-refractivity contribution in [2.24, 2.45) is 10.2 Å². The summed E-state index contributed by atoms with van der Waals surface area (Å²) in [6, 6.07) is 49.4. The van der Waals surface area contributed by atoms with E-state index in [1.807, 2.05) is 142 Å². The Hall–Kier alpha value is -6.48. The maximum Gasteiger partial charge on any atom is 0.411 e. The van der Waals surface area contributed by atoms with Crippen LogP contribution in [-0.4, -0.2) is 127 Å². The van der Waals surface area contributed by atoms with Crippen LogP contribution in [0.2, 0.25) is 37.0 Å². The molecule has 12 heterocycles. The molecule has 18 rings (SSSR count). The zero-order valence-corrected chi connectivity index (χ0v) is 87.6. The number of benzene rings is 6. The van der Waals surface area contributed by atoms with Crippen LogP contribution in [0.1, 0.15) is 236 Å². The van der Waals surface area contributed by atoms with E-state index in [-0.39, 0.29) is 64.4 Å². The molecular weight excluding hydrogens is 2020 g/mol. The lowest BCUT2D eigenvalue weighted by molar-refractivity contribution is 0.0168. The maximum atomic E-state index is 12.8. The van der Waals surface area contributed by atoms with Crippen molar-refractivity contribution in [2.45, 2.75) is 196 Å². The van der Waals surface area contributed by atoms with Crippen molar-refractivity contribution < 1.29 is 47.5 Å². The Bertz CT molecular complexity index is 5610. The monoisotopic (exact) mass is 2140 g/mol. The lowest BCUT2D eigenvalue weighted by Crippen LogP contribution is -2.43. The Balaban J connectivity index is 0.000000214. The maximum absolute atomic E-state index is 12.8. The summed E-state index contributed by atoms with van der Waals surface area (Å²) in [4.78, 5) is 55.8. The van der Waals surface area contributed by atoms with Gasteiger partial charge in [-0.2, -0.15) is 0 Å². The second-order valence-electron chi connectivity index (χ2n) is 33.5. The van der Waals surface area contributed by atoms with Gasteiger partial charge in [0.05, 0.1) is 48.3 Å². The van der Waals surface area contributed by atoms with Crippen LogP contribution in [0.5, 0.6) is 0 Å². The molecule has 0 aliphatic carbocycles. The molecule has 0 bridgehead atoms. The predicted molar refractivity (Wildman–Crippen MR) is 569 cm³/mol. The van der Waals surface area contributed by atoms with E-state index in [1.165, 1.54) is 121 Å². The number of fused-ring (bicyclic) bond motifs is 6. The van der Waals surface area contributed by atoms with Crippen molar-refractivity contribution >= 4 is 198 Å². The quantitative estimate of drug-likeness (QED) is 0.0551. The Labute approximate surface area is 858 Å². The number of rotatable bonds is 11. The molecule has 14 nitrogen and oxygen atoms in total. The largest absolute Gasteiger partial charge is 0.444 e. The number of aldehydes is 1. The number of carbonyl (C=O) groups is 3. The van der Waals surface area contributed by atoms with Gasteiger partial charge in [0, 0.05) is 119 Å². The molecule has 32 heteroatoms. The number of halogens is 11. The van der Waals surface area contributed by atoms with E-state index in [4.69, 9.17) is 88.2 Å². The van der Waals surface area contributed by atoms with Gasteiger partial charge in [-0.1, -0.05) is 148 Å². The molecule has 6 aromatic heterocycles. The summed E-state index contributed by atoms with van der Waals surface area (Å²) in [5.74, 6) is 0. The molecule has 6 aliphatic heterocycles. The first-order chi connectivity index (χ1) is 63.3. The molecule has 5 atom stereocenters. The number of nitrogens with one attached hydrogen (secondary N) is 1. The van der Waals surface area contributed by atoms with Crippen molar-refractivity contribution in [1.82, 2.24) is 24.9 Å². The van der Waals surface area contributed by atoms with Crippen LogP contribution in [-0.2, 0) is 80.5 Å². The molecule has 0 spiro atoms. The average molecular weight is 2140 g/mol. The predicted octanol–water partition coefficient (Wildman–Crippen LogP) is 30.3. The first kappa shape index (κ1) is 115. The summed E-state index contributed by atoms with van der Waals surface area (Å²) in [6.45, 7) is 24.5. The third-order valence-electron chi connectivity index (χ3n) is 22.1. The van der Waals surface area contributed by atoms with Crippen LogP contribution in [0.3, 0.4) is 0 Å². The number of aliphatic hydroxyl groups is 2. The van der Waals surface area contributed by atoms with E-state index < -0.39 is 11.2 Å². The molecule has 721 valence electrons. The topological polar surface area (TPSA) is 173 Å². The molecule has 12 aromatic rings. The first-order valence-electron chi connectivity index (χ1n) is 43.2. The lowest BCUT2D eigenvalue weighted by Gasteiger charge is -2.38. The standard InChI is InChI=1S/C20H24ClNO2S.C19H22ClNO3S.C15H16ClNOS.C15H14ClNOS.C15H16ClNS.C9H8ClN.C6H7BrS.CH3BF.2CH4.ClH2N.F2/c1-5-16-10-14(12-25-16)18-17-11-15(21)7-6-13(17)8-9-22(18)19(23)24-20(2,3)4;1-19(2,3)24-18(23)21-7-6-12-4-5-14(20)9-16(12)17(21)13-8-15(10-22)25-11-13;2*1-17-5-4-10-2-3-12(16)7-14(10)15(17)11-6-13(8-18)19-9-11;1-2-13-7-11(9-18-13)15-14-8-12(16)4-3-10(14)5-6-17-15;10-9-2-1-7-3-4-11-6-8(7)5-9;1-2-6-3-5(7)4-8-6;1-2-3;;;2*1-2/h6-7,10-12,18H,5,8-9H2,1-4H3;4-5,8-9,11,17,22H,6-7,10H2,1-3H3;2-3,6-7,9,15,18H,4-5,8H2,1H3;2-3,6-9,15H,4-5H2,1H3;3-4,7-9,15,17H,2,5-6H2,1H3;1-2,5-6H,3-4H2;3-4H,2H2,1H3;1H3;2*1H4;2H2;. The number of nitrogens with zero attached hydrogens (tertiary/aromatic N) is 5. The summed E-state index contributed by atoms with van der Waals surface area (Å²) in [6.07, 6.45) is 11.3. The van der Waals surface area contributed by atoms with Crippen LogP contribution in [0.25, 0.3) is 0 Å². The summed E-state index contributed by atoms with van der Waals surface area (Å²) < 4.78 is 38.7. The molecule has 5 unspecified atom stereocenters. The number of thiophene rings is 6. The Morgan fingerprint density at radius 1 is 0.478 bits per heavy atom. The number of nitrogens with two attached hydrogens (primary N) is 1. The number of hydrogen-bond donors (Lipinski definition) is 4. The number of hydrogen-bond acceptors (Lipinski definition) is 18. The summed E-state index contributed by atoms with van der Waals surface area (Å²) in [7, 11) is 4.76. The van der Waals surface area contributed by atoms with E-state index in [0.717, 1.165) is 147 Å². The smallest absolute Gasteiger partial charge is 0.411 e. The zero-order chi connectivity index (χ0) is 96.1. The van der Waals surface area contributed by atoms with Gasteiger partial charge in [-0.3, -0.25) is 29.4 Å². The minimum absolute atomic E-state index is 0. The molecule has 0 fully saturated rings. The van der Waals surface area contributed by atoms with Gasteiger partial charge in [0.2, 0.25) is 0 Å². The van der Waals surface area contributed by atoms with E-state index in [1.54, 1.807) is 38.9 Å². The summed E-state index contributed by atoms with van der Waals surface area (Å²) >= 11 is 54.2. The Kier molecular flexibility index (Phi) is 47.9. The van der Waals surface area contributed by atoms with Crippen LogP contribution in [0.4, 0.5) is 23.1 Å². The first-order valence-corrected chi connectivity index (χ1v) is 51.9. The Morgan fingerprint density at radius 3 is 1.17 bits per heavy atom. The molecule has 2 amide bonds. The number of aliphatic imine (C=N–C) groups is 1. The molecule has 0 saturated heterocycles. The second-order valence-corrected chi connectivity index (χ2v) is 43.0. The van der Waals surface area contributed by atoms with Crippen LogP contribution in [0, 0.1) is 0 Å². The molecule has 6 aliphatic rings. The van der Waals surface area contributed by atoms with Crippen molar-refractivity contribution in [3.8, 4) is 0 Å². The number of ether oxygens (including phenoxy) is 2. The van der Waals surface area contributed by atoms with Gasteiger partial charge in [-0.05, 0) is 372 Å². The van der Waals surface area contributed by atoms with Gasteiger partial charge < -0.3 is 29.3 Å². The molecule has 0 saturated carbocycles. The number of aryl methyl sites for hydroxylation is 3. The van der Waals surface area contributed by atoms with Gasteiger partial charge in [0.25, 0.3) is 0 Å². The highest BCUT2D eigenvalue weighted by atomic mass is 79.9. The van der Waals surface area contributed by atoms with Crippen molar-refractivity contribution in [2.75, 3.05) is 53.4 Å². The SMILES string of the molecule is C.C.CC(C)(C)OC(=O)N1CCc2ccc(Cl)cc2C1c1csc(CO)c1.CCc1cc(Br)cs1.CCc1cc(C2NCCc3ccc(Cl)cc32)cs1.CCc1cc(C2c3cc(Cl)ccc3CCN2C(=O)OC(C)(C)C)cs1.CN1CCc2ccc(Cl)cc2C1c1csc(C=O)c1.CN1CCc2ccc(Cl)cc2C1c1csc(CO)c1.C[B]F.Clc1ccc2c(c1)C=NCC2.FF.NCl. The van der Waals surface area contributed by atoms with E-state index in [2.05, 4.69) is 188 Å². The highest BCUT2D eigenvalue weighted by molar-refractivity contribution is 9.10. The summed E-state index contributed by atoms with van der Waals surface area (Å²) in [5.41, 5.74) is 20.0. The average Bonchev–Trinajstić information content (AvgIpc) is 1.32. The minimum atomic E-state index is -0.554. The van der Waals surface area contributed by atoms with Gasteiger partial charge in [0.1, 0.15) is 11.2 Å². The van der Waals surface area contributed by atoms with Crippen LogP contribution >= 0.6 is 165 Å². The van der Waals surface area contributed by atoms with Gasteiger partial charge in [-0.15, -0.1) is 68.0 Å². The van der Waals surface area contributed by atoms with Crippen LogP contribution < -0.4 is 10.6 Å². The summed E-state index contributed by atoms with van der Waals surface area (Å²) in [5, 5.41) is 43.5. The molecule has 1 radical (unpaired) electrons. The fourth-order valence-electron chi connectivity index (χ4n) is 16.1. The highest BCUT2D eigenvalue weighted by Gasteiger charge is 2.38. The fraction of sp³-hybridized carbons (Fsp3) is 0.373. The van der Waals surface area contributed by atoms with Gasteiger partial charge >= 0.3 is 19.7 Å². The Morgan fingerprint density at radius 2 is 0.806 bits per heavy atom. The number of carbonyl (C=O) groups excluding carboxylic acids is 3. The second kappa shape index (κ2) is 56.1. The number of amides is 2. The zero-order valence-electron chi connectivity index (χ0n) is 75.8. The van der Waals surface area contributed by atoms with Gasteiger partial charge in [-0.25, -0.2) is 14.8 Å². The minimum Gasteiger partial charge on any atom is -0.444 e. The van der Waals surface area contributed by atoms with Crippen molar-refractivity contribution in [1.29, 1.82) is 0 Å². The third kappa shape index (κ3) is 32.6. The van der Waals surface area contributed by atoms with Crippen molar-refractivity contribution in [3.63, 3.8) is 0 Å². The van der Waals surface area contributed by atoms with Crippen LogP contribution in [0.15, 0.2) is 187 Å². The van der Waals surface area contributed by atoms with Gasteiger partial charge in [0.15, 0.2) is 6.29 Å². The molecule has 5 N–H and O–H groups in total.